The first-order valence-corrected chi connectivity index (χ1v) is 19.0. The molecule has 0 unspecified atom stereocenters. The molecular formula is C41H46NO3PPdS+2. The molecule has 0 saturated heterocycles. The van der Waals surface area contributed by atoms with Gasteiger partial charge in [-0.3, -0.25) is 4.55 Å². The second-order valence-corrected chi connectivity index (χ2v) is 19.5. The van der Waals surface area contributed by atoms with Gasteiger partial charge in [0.15, 0.2) is 0 Å². The summed E-state index contributed by atoms with van der Waals surface area (Å²) in [4.78, 5) is 0. The maximum Gasteiger partial charge on any atom is 2.00 e. The first-order chi connectivity index (χ1) is 22.1. The van der Waals surface area contributed by atoms with Gasteiger partial charge in [-0.05, 0) is 86.5 Å². The monoisotopic (exact) mass is 769 g/mol. The Morgan fingerprint density at radius 2 is 1.10 bits per heavy atom. The van der Waals surface area contributed by atoms with Crippen molar-refractivity contribution < 1.29 is 33.4 Å². The molecule has 7 heteroatoms. The van der Waals surface area contributed by atoms with Crippen molar-refractivity contribution in [2.24, 2.45) is 0 Å². The van der Waals surface area contributed by atoms with E-state index in [1.165, 1.54) is 32.7 Å². The fourth-order valence-electron chi connectivity index (χ4n) is 6.45. The quantitative estimate of drug-likeness (QED) is 0.0618. The van der Waals surface area contributed by atoms with Gasteiger partial charge in [0.25, 0.3) is 10.1 Å². The number of fused-ring (bicyclic) bond motifs is 2. The first kappa shape index (κ1) is 39.1. The third-order valence-electron chi connectivity index (χ3n) is 7.72. The van der Waals surface area contributed by atoms with Gasteiger partial charge in [0.2, 0.25) is 0 Å². The van der Waals surface area contributed by atoms with E-state index in [1.807, 2.05) is 48.5 Å². The Morgan fingerprint density at radius 1 is 0.625 bits per heavy atom. The Balaban J connectivity index is 0.000000272. The second kappa shape index (κ2) is 16.4. The number of benzene rings is 6. The third kappa shape index (κ3) is 10.3. The van der Waals surface area contributed by atoms with E-state index in [9.17, 15) is 8.42 Å². The van der Waals surface area contributed by atoms with Crippen molar-refractivity contribution in [3.05, 3.63) is 133 Å². The van der Waals surface area contributed by atoms with Gasteiger partial charge in [0.1, 0.15) is 5.30 Å². The Labute approximate surface area is 302 Å². The molecule has 6 aromatic rings. The number of para-hydroxylation sites is 1. The predicted molar refractivity (Wildman–Crippen MR) is 207 cm³/mol. The Bertz CT molecular complexity index is 2040. The molecule has 48 heavy (non-hydrogen) atoms. The molecule has 0 aliphatic carbocycles. The fourth-order valence-corrected chi connectivity index (χ4v) is 11.1. The van der Waals surface area contributed by atoms with Crippen molar-refractivity contribution in [1.82, 2.24) is 0 Å². The summed E-state index contributed by atoms with van der Waals surface area (Å²) in [6.45, 7) is 14.6. The van der Waals surface area contributed by atoms with E-state index in [4.69, 9.17) is 10.3 Å². The first-order valence-electron chi connectivity index (χ1n) is 15.7. The van der Waals surface area contributed by atoms with E-state index in [1.54, 1.807) is 5.30 Å². The molecule has 3 N–H and O–H groups in total. The molecule has 0 fully saturated rings. The molecule has 0 heterocycles. The number of rotatable bonds is 3. The summed E-state index contributed by atoms with van der Waals surface area (Å²) in [5, 5.41) is 7.42. The number of hydrogen-bond acceptors (Lipinski definition) is 3. The molecule has 0 saturated carbocycles. The van der Waals surface area contributed by atoms with Crippen molar-refractivity contribution in [2.75, 3.05) is 12.0 Å². The average Bonchev–Trinajstić information content (AvgIpc) is 3.00. The van der Waals surface area contributed by atoms with Crippen LogP contribution in [0, 0.1) is 6.07 Å². The predicted octanol–water partition coefficient (Wildman–Crippen LogP) is 10.3. The number of hydrogen-bond donors (Lipinski definition) is 2. The summed E-state index contributed by atoms with van der Waals surface area (Å²) in [6.07, 6.45) is 0.715. The SMILES string of the molecule is CC(C)(C)[PH+](c1ccc2ccccc2c1-c1cccc2ccccc12)C(C)(C)C.CS(=O)(=O)O.Nc1ccccc1-c1[c-]cccc1.[Pd+2]. The minimum atomic E-state index is -3.67. The zero-order chi connectivity index (χ0) is 34.4. The van der Waals surface area contributed by atoms with Crippen LogP contribution in [0.15, 0.2) is 127 Å². The molecule has 252 valence electrons. The van der Waals surface area contributed by atoms with E-state index in [0.717, 1.165) is 16.8 Å². The van der Waals surface area contributed by atoms with Gasteiger partial charge >= 0.3 is 20.4 Å². The smallest absolute Gasteiger partial charge is 0.406 e. The van der Waals surface area contributed by atoms with Gasteiger partial charge in [-0.25, -0.2) is 0 Å². The van der Waals surface area contributed by atoms with E-state index < -0.39 is 18.0 Å². The van der Waals surface area contributed by atoms with E-state index in [2.05, 4.69) is 126 Å². The van der Waals surface area contributed by atoms with Crippen LogP contribution < -0.4 is 11.0 Å². The molecular weight excluding hydrogens is 724 g/mol. The molecule has 0 bridgehead atoms. The molecule has 0 spiro atoms. The zero-order valence-electron chi connectivity index (χ0n) is 28.7. The van der Waals surface area contributed by atoms with Crippen molar-refractivity contribution in [1.29, 1.82) is 0 Å². The summed E-state index contributed by atoms with van der Waals surface area (Å²) < 4.78 is 25.9. The third-order valence-corrected chi connectivity index (χ3v) is 11.7. The molecule has 4 nitrogen and oxygen atoms in total. The van der Waals surface area contributed by atoms with Crippen LogP contribution in [0.5, 0.6) is 0 Å². The van der Waals surface area contributed by atoms with Crippen LogP contribution >= 0.6 is 7.92 Å². The summed E-state index contributed by atoms with van der Waals surface area (Å²) in [6, 6.07) is 48.0. The summed E-state index contributed by atoms with van der Waals surface area (Å²) in [5.74, 6) is 0. The van der Waals surface area contributed by atoms with Crippen LogP contribution in [0.25, 0.3) is 43.8 Å². The molecule has 0 radical (unpaired) electrons. The van der Waals surface area contributed by atoms with Gasteiger partial charge in [-0.2, -0.15) is 8.42 Å². The number of nitrogens with two attached hydrogens (primary N) is 1. The largest absolute Gasteiger partial charge is 2.00 e. The zero-order valence-corrected chi connectivity index (χ0v) is 32.1. The van der Waals surface area contributed by atoms with Gasteiger partial charge < -0.3 is 5.73 Å². The van der Waals surface area contributed by atoms with Gasteiger partial charge in [-0.1, -0.05) is 96.6 Å². The van der Waals surface area contributed by atoms with E-state index in [0.29, 0.717) is 6.26 Å². The topological polar surface area (TPSA) is 80.4 Å². The average molecular weight is 770 g/mol. The van der Waals surface area contributed by atoms with Crippen LogP contribution in [0.1, 0.15) is 41.5 Å². The van der Waals surface area contributed by atoms with Gasteiger partial charge in [-0.15, -0.1) is 35.9 Å². The van der Waals surface area contributed by atoms with E-state index >= 15 is 0 Å². The summed E-state index contributed by atoms with van der Waals surface area (Å²) in [5.41, 5.74) is 11.5. The van der Waals surface area contributed by atoms with Gasteiger partial charge in [0, 0.05) is 13.5 Å². The van der Waals surface area contributed by atoms with Crippen LogP contribution in [-0.2, 0) is 30.5 Å². The Kier molecular flexibility index (Phi) is 13.3. The molecule has 0 atom stereocenters. The van der Waals surface area contributed by atoms with Crippen LogP contribution in [0.4, 0.5) is 5.69 Å². The molecule has 0 aliphatic rings. The van der Waals surface area contributed by atoms with Crippen LogP contribution in [-0.4, -0.2) is 29.5 Å². The van der Waals surface area contributed by atoms with Crippen LogP contribution in [0.2, 0.25) is 0 Å². The molecule has 0 aromatic heterocycles. The number of nitrogen functional groups attached to an aromatic ring is 1. The van der Waals surface area contributed by atoms with Crippen LogP contribution in [0.3, 0.4) is 0 Å². The number of anilines is 1. The Hall–Kier alpha value is -3.36. The maximum atomic E-state index is 9.19. The maximum absolute atomic E-state index is 9.19. The van der Waals surface area contributed by atoms with Crippen molar-refractivity contribution in [2.45, 2.75) is 51.9 Å². The molecule has 6 aromatic carbocycles. The van der Waals surface area contributed by atoms with Crippen molar-refractivity contribution in [3.8, 4) is 22.3 Å². The van der Waals surface area contributed by atoms with Gasteiger partial charge in [0.05, 0.1) is 16.6 Å². The molecule has 0 amide bonds. The van der Waals surface area contributed by atoms with Crippen molar-refractivity contribution in [3.63, 3.8) is 0 Å². The summed E-state index contributed by atoms with van der Waals surface area (Å²) >= 11 is 0. The minimum Gasteiger partial charge on any atom is -0.406 e. The normalized spacial score (nSPS) is 11.6. The molecule has 6 rings (SSSR count). The fraction of sp³-hybridized carbons (Fsp3) is 0.220. The minimum absolute atomic E-state index is 0. The second-order valence-electron chi connectivity index (χ2n) is 13.7. The molecule has 0 aliphatic heterocycles. The van der Waals surface area contributed by atoms with Crippen molar-refractivity contribution >= 4 is 50.6 Å². The Morgan fingerprint density at radius 3 is 1.67 bits per heavy atom. The van der Waals surface area contributed by atoms with E-state index in [-0.39, 0.29) is 30.7 Å². The summed E-state index contributed by atoms with van der Waals surface area (Å²) in [7, 11) is -4.55. The standard InChI is InChI=1S/C28H31P.C12H10N.CH4O3S.Pd/c1-27(2,3)29(28(4,5)6)25-19-18-21-13-8-10-16-23(21)26(25)24-17-11-14-20-12-7-9-15-22(20)24;13-12-9-5-4-8-11(12)10-6-2-1-3-7-10;1-5(2,3)4;/h7-19H,1-6H3;1-6,8-9H,13H2;1H3,(H,2,3,4);/q;-1;;+2/p+1.